The molecule has 0 aliphatic heterocycles. The molecule has 0 atom stereocenters. The van der Waals surface area contributed by atoms with Gasteiger partial charge in [-0.2, -0.15) is 0 Å². The zero-order chi connectivity index (χ0) is 10.7. The van der Waals surface area contributed by atoms with Crippen molar-refractivity contribution in [2.75, 3.05) is 0 Å². The van der Waals surface area contributed by atoms with Crippen molar-refractivity contribution < 1.29 is 0 Å². The highest BCUT2D eigenvalue weighted by Gasteiger charge is 2.03. The molecule has 0 bridgehead atoms. The lowest BCUT2D eigenvalue weighted by molar-refractivity contribution is 1.16. The Balaban J connectivity index is 2.30. The Morgan fingerprint density at radius 1 is 0.867 bits per heavy atom. The van der Waals surface area contributed by atoms with Crippen molar-refractivity contribution in [1.29, 1.82) is 0 Å². The summed E-state index contributed by atoms with van der Waals surface area (Å²) in [5, 5.41) is 0. The third-order valence-corrected chi connectivity index (χ3v) is 3.71. The quantitative estimate of drug-likeness (QED) is 0.768. The molecule has 0 aliphatic carbocycles. The van der Waals surface area contributed by atoms with E-state index in [-0.39, 0.29) is 0 Å². The summed E-state index contributed by atoms with van der Waals surface area (Å²) in [6.07, 6.45) is 0.885. The first kappa shape index (κ1) is 10.9. The fraction of sp³-hybridized carbons (Fsp3) is 0.0769. The second-order valence-corrected chi connectivity index (χ2v) is 4.92. The van der Waals surface area contributed by atoms with Gasteiger partial charge in [-0.15, -0.1) is 0 Å². The maximum Gasteiger partial charge on any atom is 0.0211 e. The maximum absolute atomic E-state index is 3.53. The van der Waals surface area contributed by atoms with E-state index >= 15 is 0 Å². The summed E-state index contributed by atoms with van der Waals surface area (Å²) < 4.78 is 2.24. The van der Waals surface area contributed by atoms with Crippen LogP contribution < -0.4 is 0 Å². The standard InChI is InChI=1S/C13H8Br2/c14-12-7-3-1-5-10(12)9-11-6-2-4-8-13(11)15/h3-8H,9H2. The topological polar surface area (TPSA) is 0 Å². The van der Waals surface area contributed by atoms with E-state index in [4.69, 9.17) is 0 Å². The van der Waals surface area contributed by atoms with Gasteiger partial charge >= 0.3 is 0 Å². The lowest BCUT2D eigenvalue weighted by Crippen LogP contribution is -1.90. The van der Waals surface area contributed by atoms with Gasteiger partial charge < -0.3 is 0 Å². The van der Waals surface area contributed by atoms with E-state index in [9.17, 15) is 0 Å². The zero-order valence-corrected chi connectivity index (χ0v) is 11.1. The van der Waals surface area contributed by atoms with Crippen molar-refractivity contribution in [1.82, 2.24) is 0 Å². The number of rotatable bonds is 2. The second-order valence-electron chi connectivity index (χ2n) is 3.21. The Morgan fingerprint density at radius 3 is 1.73 bits per heavy atom. The highest BCUT2D eigenvalue weighted by atomic mass is 79.9. The molecule has 2 aromatic rings. The average Bonchev–Trinajstić information content (AvgIpc) is 2.24. The van der Waals surface area contributed by atoms with Gasteiger partial charge in [0, 0.05) is 8.95 Å². The lowest BCUT2D eigenvalue weighted by atomic mass is 10.1. The Kier molecular flexibility index (Phi) is 3.60. The van der Waals surface area contributed by atoms with Crippen LogP contribution >= 0.6 is 31.9 Å². The third-order valence-electron chi connectivity index (χ3n) is 2.16. The first-order valence-electron chi connectivity index (χ1n) is 4.56. The van der Waals surface area contributed by atoms with Gasteiger partial charge in [0.2, 0.25) is 0 Å². The van der Waals surface area contributed by atoms with Crippen LogP contribution in [-0.4, -0.2) is 0 Å². The molecule has 74 valence electrons. The summed E-state index contributed by atoms with van der Waals surface area (Å²) in [6, 6.07) is 18.0. The van der Waals surface area contributed by atoms with E-state index in [2.05, 4.69) is 44.0 Å². The van der Waals surface area contributed by atoms with Crippen LogP contribution in [0.2, 0.25) is 0 Å². The number of halogens is 2. The van der Waals surface area contributed by atoms with Gasteiger partial charge in [0.25, 0.3) is 0 Å². The van der Waals surface area contributed by atoms with E-state index in [0.29, 0.717) is 0 Å². The molecule has 0 nitrogen and oxygen atoms in total. The number of hydrogen-bond donors (Lipinski definition) is 0. The number of hydrogen-bond acceptors (Lipinski definition) is 0. The molecule has 0 saturated heterocycles. The van der Waals surface area contributed by atoms with Gasteiger partial charge in [-0.1, -0.05) is 44.0 Å². The summed E-state index contributed by atoms with van der Waals surface area (Å²) in [4.78, 5) is 0. The normalized spacial score (nSPS) is 10.3. The lowest BCUT2D eigenvalue weighted by Gasteiger charge is -2.05. The monoisotopic (exact) mass is 322 g/mol. The smallest absolute Gasteiger partial charge is 0.0211 e. The van der Waals surface area contributed by atoms with Gasteiger partial charge in [-0.25, -0.2) is 0 Å². The molecule has 0 amide bonds. The molecule has 0 N–H and O–H groups in total. The fourth-order valence-corrected chi connectivity index (χ4v) is 2.14. The van der Waals surface area contributed by atoms with Crippen LogP contribution in [0, 0.1) is 12.1 Å². The average molecular weight is 324 g/mol. The van der Waals surface area contributed by atoms with Crippen molar-refractivity contribution >= 4 is 31.9 Å². The molecule has 0 spiro atoms. The Morgan fingerprint density at radius 2 is 1.33 bits per heavy atom. The first-order chi connectivity index (χ1) is 7.27. The summed E-state index contributed by atoms with van der Waals surface area (Å²) in [6.45, 7) is 0. The molecule has 2 radical (unpaired) electrons. The molecular weight excluding hydrogens is 316 g/mol. The maximum atomic E-state index is 3.53. The van der Waals surface area contributed by atoms with Crippen LogP contribution in [0.3, 0.4) is 0 Å². The molecule has 2 aromatic carbocycles. The molecule has 0 aliphatic rings. The third kappa shape index (κ3) is 2.70. The fourth-order valence-electron chi connectivity index (χ4n) is 1.37. The summed E-state index contributed by atoms with van der Waals surface area (Å²) in [7, 11) is 0. The molecule has 0 fully saturated rings. The highest BCUT2D eigenvalue weighted by Crippen LogP contribution is 2.23. The van der Waals surface area contributed by atoms with E-state index in [0.717, 1.165) is 15.4 Å². The highest BCUT2D eigenvalue weighted by molar-refractivity contribution is 9.10. The summed E-state index contributed by atoms with van der Waals surface area (Å²) >= 11 is 7.07. The predicted octanol–water partition coefficient (Wildman–Crippen LogP) is 4.40. The molecule has 0 saturated carbocycles. The molecular formula is C13H8Br2. The van der Waals surface area contributed by atoms with E-state index in [1.165, 1.54) is 11.1 Å². The molecule has 2 heteroatoms. The van der Waals surface area contributed by atoms with Gasteiger partial charge in [0.1, 0.15) is 0 Å². The van der Waals surface area contributed by atoms with Crippen molar-refractivity contribution in [3.05, 3.63) is 68.6 Å². The van der Waals surface area contributed by atoms with Crippen LogP contribution in [0.5, 0.6) is 0 Å². The molecule has 0 heterocycles. The van der Waals surface area contributed by atoms with Gasteiger partial charge in [-0.3, -0.25) is 0 Å². The van der Waals surface area contributed by atoms with Crippen LogP contribution in [0.25, 0.3) is 0 Å². The van der Waals surface area contributed by atoms with E-state index in [1.807, 2.05) is 36.4 Å². The van der Waals surface area contributed by atoms with Crippen molar-refractivity contribution in [3.63, 3.8) is 0 Å². The SMILES string of the molecule is Brc1cc[c]cc1Cc1c[c]ccc1Br. The molecule has 0 unspecified atom stereocenters. The second kappa shape index (κ2) is 4.95. The van der Waals surface area contributed by atoms with Crippen LogP contribution in [-0.2, 0) is 6.42 Å². The summed E-state index contributed by atoms with van der Waals surface area (Å²) in [5.41, 5.74) is 2.47. The van der Waals surface area contributed by atoms with Gasteiger partial charge in [0.15, 0.2) is 0 Å². The van der Waals surface area contributed by atoms with Crippen LogP contribution in [0.15, 0.2) is 45.3 Å². The molecule has 0 aromatic heterocycles. The first-order valence-corrected chi connectivity index (χ1v) is 6.15. The van der Waals surface area contributed by atoms with Gasteiger partial charge in [-0.05, 0) is 53.9 Å². The Bertz CT molecular complexity index is 420. The minimum absolute atomic E-state index is 0.885. The minimum atomic E-state index is 0.885. The molecule has 2 rings (SSSR count). The van der Waals surface area contributed by atoms with Crippen molar-refractivity contribution in [3.8, 4) is 0 Å². The van der Waals surface area contributed by atoms with Crippen LogP contribution in [0.1, 0.15) is 11.1 Å². The van der Waals surface area contributed by atoms with Crippen LogP contribution in [0.4, 0.5) is 0 Å². The minimum Gasteiger partial charge on any atom is -0.0532 e. The van der Waals surface area contributed by atoms with Crippen molar-refractivity contribution in [2.45, 2.75) is 6.42 Å². The van der Waals surface area contributed by atoms with E-state index in [1.54, 1.807) is 0 Å². The number of benzene rings is 2. The van der Waals surface area contributed by atoms with Gasteiger partial charge in [0.05, 0.1) is 0 Å². The zero-order valence-electron chi connectivity index (χ0n) is 7.93. The van der Waals surface area contributed by atoms with E-state index < -0.39 is 0 Å². The predicted molar refractivity (Wildman–Crippen MR) is 68.8 cm³/mol. The van der Waals surface area contributed by atoms with Crippen molar-refractivity contribution in [2.24, 2.45) is 0 Å². The molecule has 15 heavy (non-hydrogen) atoms. The Labute approximate surface area is 107 Å². The summed E-state index contributed by atoms with van der Waals surface area (Å²) in [5.74, 6) is 0. The Hall–Kier alpha value is -0.600. The largest absolute Gasteiger partial charge is 0.0532 e.